The summed E-state index contributed by atoms with van der Waals surface area (Å²) in [5, 5.41) is 3.30. The SMILES string of the molecule is Cc1nc(NCc2cccnc2)cc(OC[C@H]2C[C@@H]2c2ccccn2)n1. The molecule has 0 radical (unpaired) electrons. The van der Waals surface area contributed by atoms with Gasteiger partial charge in [0.2, 0.25) is 5.88 Å². The van der Waals surface area contributed by atoms with E-state index in [1.807, 2.05) is 49.6 Å². The average molecular weight is 347 g/mol. The molecule has 132 valence electrons. The Balaban J connectivity index is 1.33. The largest absolute Gasteiger partial charge is 0.477 e. The monoisotopic (exact) mass is 347 g/mol. The van der Waals surface area contributed by atoms with E-state index in [0.29, 0.717) is 36.7 Å². The van der Waals surface area contributed by atoms with E-state index in [1.54, 1.807) is 6.20 Å². The molecule has 1 aliphatic rings. The normalized spacial score (nSPS) is 18.3. The maximum absolute atomic E-state index is 5.92. The minimum absolute atomic E-state index is 0.502. The third-order valence-corrected chi connectivity index (χ3v) is 4.45. The standard InChI is InChI=1S/C20H21N5O/c1-14-24-19(23-12-15-5-4-7-21-11-15)10-20(25-14)26-13-16-9-17(16)18-6-2-3-8-22-18/h2-8,10-11,16-17H,9,12-13H2,1H3,(H,23,24,25)/t16-,17+/m1/s1. The van der Waals surface area contributed by atoms with Crippen LogP contribution in [0.1, 0.15) is 29.4 Å². The van der Waals surface area contributed by atoms with Crippen LogP contribution < -0.4 is 10.1 Å². The lowest BCUT2D eigenvalue weighted by Crippen LogP contribution is -2.07. The van der Waals surface area contributed by atoms with Gasteiger partial charge in [0, 0.05) is 48.7 Å². The minimum Gasteiger partial charge on any atom is -0.477 e. The van der Waals surface area contributed by atoms with Gasteiger partial charge in [-0.25, -0.2) is 4.98 Å². The van der Waals surface area contributed by atoms with Crippen LogP contribution >= 0.6 is 0 Å². The van der Waals surface area contributed by atoms with Crippen LogP contribution in [0.5, 0.6) is 5.88 Å². The Morgan fingerprint density at radius 3 is 2.92 bits per heavy atom. The first-order valence-electron chi connectivity index (χ1n) is 8.80. The van der Waals surface area contributed by atoms with Gasteiger partial charge in [0.15, 0.2) is 0 Å². The molecular weight excluding hydrogens is 326 g/mol. The van der Waals surface area contributed by atoms with E-state index < -0.39 is 0 Å². The van der Waals surface area contributed by atoms with Crippen molar-refractivity contribution in [3.63, 3.8) is 0 Å². The van der Waals surface area contributed by atoms with Crippen LogP contribution in [0.15, 0.2) is 55.0 Å². The first-order chi connectivity index (χ1) is 12.8. The van der Waals surface area contributed by atoms with Crippen molar-refractivity contribution in [3.8, 4) is 5.88 Å². The summed E-state index contributed by atoms with van der Waals surface area (Å²) in [6.07, 6.45) is 6.57. The van der Waals surface area contributed by atoms with Crippen molar-refractivity contribution in [1.82, 2.24) is 19.9 Å². The second-order valence-corrected chi connectivity index (χ2v) is 6.52. The molecule has 3 heterocycles. The average Bonchev–Trinajstić information content (AvgIpc) is 3.46. The molecule has 0 bridgehead atoms. The highest BCUT2D eigenvalue weighted by Crippen LogP contribution is 2.46. The summed E-state index contributed by atoms with van der Waals surface area (Å²) in [4.78, 5) is 17.4. The van der Waals surface area contributed by atoms with Crippen molar-refractivity contribution < 1.29 is 4.74 Å². The number of anilines is 1. The zero-order chi connectivity index (χ0) is 17.8. The van der Waals surface area contributed by atoms with Crippen LogP contribution in [0.4, 0.5) is 5.82 Å². The van der Waals surface area contributed by atoms with E-state index in [0.717, 1.165) is 23.5 Å². The predicted octanol–water partition coefficient (Wildman–Crippen LogP) is 3.37. The van der Waals surface area contributed by atoms with Gasteiger partial charge in [-0.05, 0) is 37.1 Å². The number of pyridine rings is 2. The molecule has 1 N–H and O–H groups in total. The highest BCUT2D eigenvalue weighted by Gasteiger charge is 2.39. The van der Waals surface area contributed by atoms with E-state index in [9.17, 15) is 0 Å². The maximum atomic E-state index is 5.92. The Kier molecular flexibility index (Phi) is 4.73. The molecule has 0 unspecified atom stereocenters. The summed E-state index contributed by atoms with van der Waals surface area (Å²) < 4.78 is 5.92. The molecule has 1 fully saturated rings. The highest BCUT2D eigenvalue weighted by molar-refractivity contribution is 5.39. The Morgan fingerprint density at radius 2 is 2.12 bits per heavy atom. The van der Waals surface area contributed by atoms with Gasteiger partial charge in [0.25, 0.3) is 0 Å². The number of nitrogens with one attached hydrogen (secondary N) is 1. The fourth-order valence-electron chi connectivity index (χ4n) is 2.98. The number of aryl methyl sites for hydroxylation is 1. The molecule has 0 saturated heterocycles. The van der Waals surface area contributed by atoms with Crippen LogP contribution in [0.2, 0.25) is 0 Å². The molecule has 0 spiro atoms. The second-order valence-electron chi connectivity index (χ2n) is 6.52. The van der Waals surface area contributed by atoms with Crippen molar-refractivity contribution in [3.05, 3.63) is 72.1 Å². The maximum Gasteiger partial charge on any atom is 0.218 e. The van der Waals surface area contributed by atoms with Crippen molar-refractivity contribution in [2.24, 2.45) is 5.92 Å². The number of aromatic nitrogens is 4. The van der Waals surface area contributed by atoms with E-state index in [1.165, 1.54) is 0 Å². The van der Waals surface area contributed by atoms with Crippen molar-refractivity contribution in [2.75, 3.05) is 11.9 Å². The van der Waals surface area contributed by atoms with Gasteiger partial charge in [0.1, 0.15) is 11.6 Å². The molecular formula is C20H21N5O. The van der Waals surface area contributed by atoms with Gasteiger partial charge in [-0.1, -0.05) is 12.1 Å². The summed E-state index contributed by atoms with van der Waals surface area (Å²) in [6.45, 7) is 3.18. The Labute approximate surface area is 152 Å². The second kappa shape index (κ2) is 7.47. The molecule has 0 amide bonds. The Bertz CT molecular complexity index is 857. The molecule has 3 aromatic rings. The quantitative estimate of drug-likeness (QED) is 0.706. The van der Waals surface area contributed by atoms with Gasteiger partial charge in [0.05, 0.1) is 6.61 Å². The lowest BCUT2D eigenvalue weighted by molar-refractivity contribution is 0.284. The summed E-state index contributed by atoms with van der Waals surface area (Å²) in [7, 11) is 0. The number of hydrogen-bond donors (Lipinski definition) is 1. The van der Waals surface area contributed by atoms with Gasteiger partial charge < -0.3 is 10.1 Å². The zero-order valence-electron chi connectivity index (χ0n) is 14.7. The molecule has 6 heteroatoms. The molecule has 26 heavy (non-hydrogen) atoms. The molecule has 4 rings (SSSR count). The lowest BCUT2D eigenvalue weighted by Gasteiger charge is -2.10. The van der Waals surface area contributed by atoms with E-state index in [-0.39, 0.29) is 0 Å². The number of nitrogens with zero attached hydrogens (tertiary/aromatic N) is 4. The van der Waals surface area contributed by atoms with Crippen molar-refractivity contribution in [2.45, 2.75) is 25.8 Å². The Morgan fingerprint density at radius 1 is 1.15 bits per heavy atom. The highest BCUT2D eigenvalue weighted by atomic mass is 16.5. The van der Waals surface area contributed by atoms with Crippen LogP contribution in [0.25, 0.3) is 0 Å². The fraction of sp³-hybridized carbons (Fsp3) is 0.300. The summed E-state index contributed by atoms with van der Waals surface area (Å²) >= 11 is 0. The predicted molar refractivity (Wildman–Crippen MR) is 98.9 cm³/mol. The third kappa shape index (κ3) is 4.14. The smallest absolute Gasteiger partial charge is 0.218 e. The molecule has 0 aromatic carbocycles. The minimum atomic E-state index is 0.502. The number of hydrogen-bond acceptors (Lipinski definition) is 6. The summed E-state index contributed by atoms with van der Waals surface area (Å²) in [6, 6.07) is 11.9. The van der Waals surface area contributed by atoms with Crippen molar-refractivity contribution in [1.29, 1.82) is 0 Å². The van der Waals surface area contributed by atoms with E-state index >= 15 is 0 Å². The summed E-state index contributed by atoms with van der Waals surface area (Å²) in [5.74, 6) is 3.06. The molecule has 3 aromatic heterocycles. The van der Waals surface area contributed by atoms with Gasteiger partial charge in [-0.15, -0.1) is 0 Å². The Hall–Kier alpha value is -3.02. The molecule has 6 nitrogen and oxygen atoms in total. The molecule has 1 aliphatic carbocycles. The number of ether oxygens (including phenoxy) is 1. The van der Waals surface area contributed by atoms with Crippen LogP contribution in [-0.4, -0.2) is 26.5 Å². The lowest BCUT2D eigenvalue weighted by atomic mass is 10.2. The van der Waals surface area contributed by atoms with Crippen LogP contribution in [0.3, 0.4) is 0 Å². The van der Waals surface area contributed by atoms with Crippen LogP contribution in [0, 0.1) is 12.8 Å². The summed E-state index contributed by atoms with van der Waals surface area (Å²) in [5.41, 5.74) is 2.25. The van der Waals surface area contributed by atoms with E-state index in [2.05, 4.69) is 31.3 Å². The third-order valence-electron chi connectivity index (χ3n) is 4.45. The molecule has 1 saturated carbocycles. The fourth-order valence-corrected chi connectivity index (χ4v) is 2.98. The van der Waals surface area contributed by atoms with Gasteiger partial charge in [-0.3, -0.25) is 9.97 Å². The zero-order valence-corrected chi connectivity index (χ0v) is 14.7. The van der Waals surface area contributed by atoms with E-state index in [4.69, 9.17) is 4.74 Å². The number of rotatable bonds is 7. The van der Waals surface area contributed by atoms with Crippen molar-refractivity contribution >= 4 is 5.82 Å². The van der Waals surface area contributed by atoms with Gasteiger partial charge in [-0.2, -0.15) is 4.98 Å². The first-order valence-corrected chi connectivity index (χ1v) is 8.80. The topological polar surface area (TPSA) is 72.8 Å². The van der Waals surface area contributed by atoms with Crippen LogP contribution in [-0.2, 0) is 6.54 Å². The first kappa shape index (κ1) is 16.4. The molecule has 0 aliphatic heterocycles. The molecule has 2 atom stereocenters. The van der Waals surface area contributed by atoms with Gasteiger partial charge >= 0.3 is 0 Å².